The van der Waals surface area contributed by atoms with Crippen molar-refractivity contribution in [1.82, 2.24) is 14.8 Å². The lowest BCUT2D eigenvalue weighted by molar-refractivity contribution is -0.128. The second kappa shape index (κ2) is 12.9. The number of halogens is 1. The molecular weight excluding hydrogens is 470 g/mol. The lowest BCUT2D eigenvalue weighted by Crippen LogP contribution is -2.40. The van der Waals surface area contributed by atoms with Gasteiger partial charge in [-0.1, -0.05) is 41.9 Å². The van der Waals surface area contributed by atoms with Crippen LogP contribution in [0.5, 0.6) is 5.75 Å². The van der Waals surface area contributed by atoms with Crippen LogP contribution in [0.2, 0.25) is 5.02 Å². The predicted octanol–water partition coefficient (Wildman–Crippen LogP) is 5.76. The highest BCUT2D eigenvalue weighted by molar-refractivity contribution is 6.30. The van der Waals surface area contributed by atoms with Crippen LogP contribution in [-0.2, 0) is 17.6 Å². The zero-order valence-corrected chi connectivity index (χ0v) is 22.1. The average Bonchev–Trinajstić information content (AvgIpc) is 2.90. The van der Waals surface area contributed by atoms with Gasteiger partial charge in [0, 0.05) is 49.5 Å². The van der Waals surface area contributed by atoms with Gasteiger partial charge in [0.05, 0.1) is 0 Å². The molecule has 0 radical (unpaired) electrons. The van der Waals surface area contributed by atoms with E-state index in [1.54, 1.807) is 6.92 Å². The van der Waals surface area contributed by atoms with E-state index in [2.05, 4.69) is 46.3 Å². The number of amides is 1. The summed E-state index contributed by atoms with van der Waals surface area (Å²) >= 11 is 5.98. The van der Waals surface area contributed by atoms with Crippen LogP contribution in [0.1, 0.15) is 31.0 Å². The summed E-state index contributed by atoms with van der Waals surface area (Å²) in [5, 5.41) is 0.742. The molecule has 1 aromatic heterocycles. The smallest absolute Gasteiger partial charge is 0.219 e. The predicted molar refractivity (Wildman–Crippen MR) is 147 cm³/mol. The number of nitrogens with zero attached hydrogens (tertiary/aromatic N) is 3. The van der Waals surface area contributed by atoms with E-state index in [-0.39, 0.29) is 5.91 Å². The minimum absolute atomic E-state index is 0.150. The maximum absolute atomic E-state index is 11.4. The van der Waals surface area contributed by atoms with Gasteiger partial charge in [0.15, 0.2) is 0 Å². The number of rotatable bonds is 10. The molecule has 0 atom stereocenters. The molecule has 190 valence electrons. The third kappa shape index (κ3) is 7.81. The standard InChI is InChI=1S/C30H36ClN3O2/c1-23(35)33(2)22-25-15-17-34(18-16-25)19-20-36-30-13-4-24(5-14-30)3-11-29-12-8-27(21-32-29)26-6-9-28(31)10-7-26/h4-10,12-14,21,25H,3,11,15-20,22H2,1-2H3. The van der Waals surface area contributed by atoms with Crippen molar-refractivity contribution in [3.8, 4) is 16.9 Å². The van der Waals surface area contributed by atoms with Crippen LogP contribution < -0.4 is 4.74 Å². The number of aryl methyl sites for hydroxylation is 2. The first-order valence-electron chi connectivity index (χ1n) is 12.8. The first-order valence-corrected chi connectivity index (χ1v) is 13.2. The number of likely N-dealkylation sites (tertiary alicyclic amines) is 1. The van der Waals surface area contributed by atoms with E-state index >= 15 is 0 Å². The van der Waals surface area contributed by atoms with Crippen molar-refractivity contribution < 1.29 is 9.53 Å². The van der Waals surface area contributed by atoms with Gasteiger partial charge < -0.3 is 9.64 Å². The van der Waals surface area contributed by atoms with Gasteiger partial charge in [0.2, 0.25) is 5.91 Å². The molecule has 1 aliphatic heterocycles. The van der Waals surface area contributed by atoms with Gasteiger partial charge in [-0.05, 0) is 86.1 Å². The summed E-state index contributed by atoms with van der Waals surface area (Å²) in [4.78, 5) is 20.4. The Morgan fingerprint density at radius 2 is 1.69 bits per heavy atom. The van der Waals surface area contributed by atoms with E-state index in [0.717, 1.165) is 79.5 Å². The summed E-state index contributed by atoms with van der Waals surface area (Å²) < 4.78 is 6.00. The fourth-order valence-electron chi connectivity index (χ4n) is 4.61. The SMILES string of the molecule is CC(=O)N(C)CC1CCN(CCOc2ccc(CCc3ccc(-c4ccc(Cl)cc4)cn3)cc2)CC1. The monoisotopic (exact) mass is 505 g/mol. The number of aromatic nitrogens is 1. The molecule has 2 heterocycles. The van der Waals surface area contributed by atoms with E-state index in [4.69, 9.17) is 16.3 Å². The highest BCUT2D eigenvalue weighted by Crippen LogP contribution is 2.22. The van der Waals surface area contributed by atoms with Gasteiger partial charge in [-0.3, -0.25) is 14.7 Å². The molecule has 36 heavy (non-hydrogen) atoms. The number of carbonyl (C=O) groups is 1. The normalized spacial score (nSPS) is 14.5. The van der Waals surface area contributed by atoms with Crippen LogP contribution in [0.3, 0.4) is 0 Å². The Hall–Kier alpha value is -2.89. The number of carbonyl (C=O) groups excluding carboxylic acids is 1. The number of piperidine rings is 1. The maximum atomic E-state index is 11.4. The number of hydrogen-bond donors (Lipinski definition) is 0. The zero-order valence-electron chi connectivity index (χ0n) is 21.3. The Morgan fingerprint density at radius 1 is 1.00 bits per heavy atom. The van der Waals surface area contributed by atoms with Crippen molar-refractivity contribution in [3.63, 3.8) is 0 Å². The Labute approximate surface area is 220 Å². The summed E-state index contributed by atoms with van der Waals surface area (Å²) in [5.41, 5.74) is 4.59. The number of benzene rings is 2. The molecule has 4 rings (SSSR count). The highest BCUT2D eigenvalue weighted by Gasteiger charge is 2.21. The lowest BCUT2D eigenvalue weighted by Gasteiger charge is -2.33. The molecule has 0 bridgehead atoms. The van der Waals surface area contributed by atoms with Crippen molar-refractivity contribution in [2.75, 3.05) is 39.8 Å². The molecule has 2 aromatic carbocycles. The third-order valence-corrected chi connectivity index (χ3v) is 7.30. The molecule has 0 saturated carbocycles. The van der Waals surface area contributed by atoms with Gasteiger partial charge in [0.25, 0.3) is 0 Å². The van der Waals surface area contributed by atoms with Gasteiger partial charge >= 0.3 is 0 Å². The van der Waals surface area contributed by atoms with E-state index in [1.165, 1.54) is 5.56 Å². The average molecular weight is 506 g/mol. The van der Waals surface area contributed by atoms with Crippen LogP contribution in [0.4, 0.5) is 0 Å². The largest absolute Gasteiger partial charge is 0.492 e. The molecule has 3 aromatic rings. The Kier molecular flexibility index (Phi) is 9.37. The van der Waals surface area contributed by atoms with Crippen LogP contribution in [-0.4, -0.2) is 60.5 Å². The fourth-order valence-corrected chi connectivity index (χ4v) is 4.74. The Morgan fingerprint density at radius 3 is 2.33 bits per heavy atom. The van der Waals surface area contributed by atoms with E-state index in [1.807, 2.05) is 42.4 Å². The van der Waals surface area contributed by atoms with Crippen molar-refractivity contribution >= 4 is 17.5 Å². The maximum Gasteiger partial charge on any atom is 0.219 e. The molecule has 0 unspecified atom stereocenters. The summed E-state index contributed by atoms with van der Waals surface area (Å²) in [6.45, 7) is 6.30. The van der Waals surface area contributed by atoms with E-state index in [9.17, 15) is 4.79 Å². The molecule has 0 spiro atoms. The molecule has 1 saturated heterocycles. The molecule has 5 nitrogen and oxygen atoms in total. The van der Waals surface area contributed by atoms with Gasteiger partial charge in [0.1, 0.15) is 12.4 Å². The van der Waals surface area contributed by atoms with Gasteiger partial charge in [-0.25, -0.2) is 0 Å². The zero-order chi connectivity index (χ0) is 25.3. The summed E-state index contributed by atoms with van der Waals surface area (Å²) in [7, 11) is 1.89. The number of pyridine rings is 1. The Balaban J connectivity index is 1.15. The Bertz CT molecular complexity index is 1090. The van der Waals surface area contributed by atoms with Gasteiger partial charge in [-0.2, -0.15) is 0 Å². The number of ether oxygens (including phenoxy) is 1. The summed E-state index contributed by atoms with van der Waals surface area (Å²) in [6.07, 6.45) is 6.07. The minimum atomic E-state index is 0.150. The number of hydrogen-bond acceptors (Lipinski definition) is 4. The molecule has 1 fully saturated rings. The fraction of sp³-hybridized carbons (Fsp3) is 0.400. The first kappa shape index (κ1) is 26.2. The van der Waals surface area contributed by atoms with Crippen LogP contribution in [0.15, 0.2) is 66.9 Å². The molecule has 6 heteroatoms. The minimum Gasteiger partial charge on any atom is -0.492 e. The molecule has 1 amide bonds. The van der Waals surface area contributed by atoms with Crippen LogP contribution in [0, 0.1) is 5.92 Å². The second-order valence-electron chi connectivity index (χ2n) is 9.72. The first-order chi connectivity index (χ1) is 17.5. The molecule has 0 aliphatic carbocycles. The van der Waals surface area contributed by atoms with Crippen LogP contribution in [0.25, 0.3) is 11.1 Å². The van der Waals surface area contributed by atoms with E-state index in [0.29, 0.717) is 12.5 Å². The topological polar surface area (TPSA) is 45.7 Å². The van der Waals surface area contributed by atoms with E-state index < -0.39 is 0 Å². The van der Waals surface area contributed by atoms with Crippen molar-refractivity contribution in [2.24, 2.45) is 5.92 Å². The molecule has 1 aliphatic rings. The van der Waals surface area contributed by atoms with Crippen LogP contribution >= 0.6 is 11.6 Å². The van der Waals surface area contributed by atoms with Gasteiger partial charge in [-0.15, -0.1) is 0 Å². The molecular formula is C30H36ClN3O2. The highest BCUT2D eigenvalue weighted by atomic mass is 35.5. The summed E-state index contributed by atoms with van der Waals surface area (Å²) in [6, 6.07) is 20.5. The lowest BCUT2D eigenvalue weighted by atomic mass is 9.96. The van der Waals surface area contributed by atoms with Crippen molar-refractivity contribution in [1.29, 1.82) is 0 Å². The second-order valence-corrected chi connectivity index (χ2v) is 10.2. The quantitative estimate of drug-likeness (QED) is 0.351. The van der Waals surface area contributed by atoms with Crippen molar-refractivity contribution in [3.05, 3.63) is 83.1 Å². The third-order valence-electron chi connectivity index (χ3n) is 7.05. The molecule has 0 N–H and O–H groups in total. The summed E-state index contributed by atoms with van der Waals surface area (Å²) in [5.74, 6) is 1.68. The van der Waals surface area contributed by atoms with Crippen molar-refractivity contribution in [2.45, 2.75) is 32.6 Å².